The standard InChI is InChI=1S/C10H14N2O/c13-9-7-11-10(12-9)8-5-3-1-2-4-6-8/h7-8H,1-6H2. The fourth-order valence-electron chi connectivity index (χ4n) is 2.03. The molecule has 0 radical (unpaired) electrons. The molecule has 0 N–H and O–H groups in total. The van der Waals surface area contributed by atoms with E-state index in [1.807, 2.05) is 0 Å². The van der Waals surface area contributed by atoms with Gasteiger partial charge in [0, 0.05) is 5.92 Å². The molecule has 70 valence electrons. The van der Waals surface area contributed by atoms with Crippen LogP contribution < -0.4 is 0 Å². The molecule has 13 heavy (non-hydrogen) atoms. The molecular weight excluding hydrogens is 164 g/mol. The first-order valence-corrected chi connectivity index (χ1v) is 5.03. The van der Waals surface area contributed by atoms with Gasteiger partial charge in [0.15, 0.2) is 0 Å². The number of carbonyl (C=O) groups excluding carboxylic acids is 1. The largest absolute Gasteiger partial charge is 0.289 e. The number of nitrogens with zero attached hydrogens (tertiary/aromatic N) is 2. The topological polar surface area (TPSA) is 41.8 Å². The Bertz CT molecular complexity index is 260. The van der Waals surface area contributed by atoms with Crippen molar-refractivity contribution in [2.75, 3.05) is 0 Å². The minimum Gasteiger partial charge on any atom is -0.266 e. The average molecular weight is 178 g/mol. The summed E-state index contributed by atoms with van der Waals surface area (Å²) >= 11 is 0. The van der Waals surface area contributed by atoms with E-state index in [9.17, 15) is 4.79 Å². The Balaban J connectivity index is 2.03. The highest BCUT2D eigenvalue weighted by atomic mass is 16.1. The van der Waals surface area contributed by atoms with E-state index in [0.717, 1.165) is 18.7 Å². The van der Waals surface area contributed by atoms with Crippen molar-refractivity contribution in [1.29, 1.82) is 0 Å². The molecule has 3 heteroatoms. The first-order valence-electron chi connectivity index (χ1n) is 5.03. The van der Waals surface area contributed by atoms with E-state index < -0.39 is 0 Å². The molecule has 0 spiro atoms. The van der Waals surface area contributed by atoms with Crippen LogP contribution in [0.5, 0.6) is 0 Å². The zero-order chi connectivity index (χ0) is 9.10. The second-order valence-corrected chi connectivity index (χ2v) is 3.75. The maximum atomic E-state index is 10.8. The Hall–Kier alpha value is -0.990. The molecule has 0 bridgehead atoms. The predicted octanol–water partition coefficient (Wildman–Crippen LogP) is 1.97. The van der Waals surface area contributed by atoms with Gasteiger partial charge in [-0.2, -0.15) is 4.99 Å². The lowest BCUT2D eigenvalue weighted by atomic mass is 9.99. The van der Waals surface area contributed by atoms with Gasteiger partial charge in [-0.05, 0) is 12.8 Å². The SMILES string of the molecule is O=C1C=NC(C2CCCCCC2)=N1. The number of hydrogen-bond donors (Lipinski definition) is 0. The van der Waals surface area contributed by atoms with Crippen LogP contribution in [0.4, 0.5) is 0 Å². The molecule has 0 aromatic rings. The summed E-state index contributed by atoms with van der Waals surface area (Å²) in [7, 11) is 0. The molecule has 0 atom stereocenters. The van der Waals surface area contributed by atoms with E-state index in [1.165, 1.54) is 31.9 Å². The van der Waals surface area contributed by atoms with Gasteiger partial charge in [-0.25, -0.2) is 4.99 Å². The predicted molar refractivity (Wildman–Crippen MR) is 52.1 cm³/mol. The normalized spacial score (nSPS) is 24.6. The van der Waals surface area contributed by atoms with Gasteiger partial charge in [-0.1, -0.05) is 25.7 Å². The van der Waals surface area contributed by atoms with Crippen molar-refractivity contribution in [2.24, 2.45) is 15.9 Å². The van der Waals surface area contributed by atoms with Gasteiger partial charge in [-0.3, -0.25) is 4.79 Å². The van der Waals surface area contributed by atoms with Crippen LogP contribution in [-0.4, -0.2) is 18.0 Å². The Labute approximate surface area is 78.0 Å². The summed E-state index contributed by atoms with van der Waals surface area (Å²) in [5.41, 5.74) is 0. The summed E-state index contributed by atoms with van der Waals surface area (Å²) in [6.45, 7) is 0. The molecule has 0 aromatic carbocycles. The molecule has 0 unspecified atom stereocenters. The maximum absolute atomic E-state index is 10.8. The molecule has 1 fully saturated rings. The van der Waals surface area contributed by atoms with Gasteiger partial charge in [0.25, 0.3) is 5.91 Å². The van der Waals surface area contributed by atoms with Crippen LogP contribution in [-0.2, 0) is 4.79 Å². The number of carbonyl (C=O) groups is 1. The highest BCUT2D eigenvalue weighted by Crippen LogP contribution is 2.25. The lowest BCUT2D eigenvalue weighted by molar-refractivity contribution is -0.111. The Morgan fingerprint density at radius 2 is 1.85 bits per heavy atom. The summed E-state index contributed by atoms with van der Waals surface area (Å²) in [4.78, 5) is 18.8. The molecule has 2 rings (SSSR count). The number of amides is 1. The summed E-state index contributed by atoms with van der Waals surface area (Å²) in [6, 6.07) is 0. The van der Waals surface area contributed by atoms with Crippen molar-refractivity contribution in [3.8, 4) is 0 Å². The van der Waals surface area contributed by atoms with Crippen LogP contribution >= 0.6 is 0 Å². The van der Waals surface area contributed by atoms with Crippen LogP contribution in [0.3, 0.4) is 0 Å². The van der Waals surface area contributed by atoms with E-state index in [-0.39, 0.29) is 5.91 Å². The van der Waals surface area contributed by atoms with E-state index in [0.29, 0.717) is 5.92 Å². The van der Waals surface area contributed by atoms with Crippen molar-refractivity contribution in [3.05, 3.63) is 0 Å². The van der Waals surface area contributed by atoms with Crippen molar-refractivity contribution >= 4 is 18.0 Å². The third kappa shape index (κ3) is 2.02. The molecule has 1 heterocycles. The molecule has 1 amide bonds. The van der Waals surface area contributed by atoms with Crippen molar-refractivity contribution < 1.29 is 4.79 Å². The van der Waals surface area contributed by atoms with Crippen LogP contribution in [0.15, 0.2) is 9.98 Å². The first-order chi connectivity index (χ1) is 6.36. The summed E-state index contributed by atoms with van der Waals surface area (Å²) in [5.74, 6) is 1.05. The first kappa shape index (κ1) is 8.60. The highest BCUT2D eigenvalue weighted by Gasteiger charge is 2.20. The molecule has 1 aliphatic heterocycles. The van der Waals surface area contributed by atoms with Gasteiger partial charge < -0.3 is 0 Å². The highest BCUT2D eigenvalue weighted by molar-refractivity contribution is 6.35. The Kier molecular flexibility index (Phi) is 2.52. The lowest BCUT2D eigenvalue weighted by Crippen LogP contribution is -2.09. The summed E-state index contributed by atoms with van der Waals surface area (Å²) < 4.78 is 0. The third-order valence-corrected chi connectivity index (χ3v) is 2.75. The van der Waals surface area contributed by atoms with Crippen LogP contribution in [0.25, 0.3) is 0 Å². The van der Waals surface area contributed by atoms with Gasteiger partial charge in [0.1, 0.15) is 5.84 Å². The van der Waals surface area contributed by atoms with Crippen LogP contribution in [0.1, 0.15) is 38.5 Å². The molecular formula is C10H14N2O. The van der Waals surface area contributed by atoms with Crippen molar-refractivity contribution in [3.63, 3.8) is 0 Å². The maximum Gasteiger partial charge on any atom is 0.289 e. The average Bonchev–Trinajstić information content (AvgIpc) is 2.43. The number of rotatable bonds is 1. The number of amidine groups is 1. The zero-order valence-electron chi connectivity index (χ0n) is 7.70. The van der Waals surface area contributed by atoms with Crippen LogP contribution in [0.2, 0.25) is 0 Å². The quantitative estimate of drug-likeness (QED) is 0.566. The van der Waals surface area contributed by atoms with Gasteiger partial charge >= 0.3 is 0 Å². The fraction of sp³-hybridized carbons (Fsp3) is 0.700. The van der Waals surface area contributed by atoms with Crippen molar-refractivity contribution in [1.82, 2.24) is 0 Å². The Morgan fingerprint density at radius 1 is 1.15 bits per heavy atom. The second-order valence-electron chi connectivity index (χ2n) is 3.75. The minimum atomic E-state index is -0.181. The minimum absolute atomic E-state index is 0.181. The van der Waals surface area contributed by atoms with E-state index in [2.05, 4.69) is 9.98 Å². The molecule has 2 aliphatic rings. The van der Waals surface area contributed by atoms with Crippen molar-refractivity contribution in [2.45, 2.75) is 38.5 Å². The lowest BCUT2D eigenvalue weighted by Gasteiger charge is -2.09. The number of hydrogen-bond acceptors (Lipinski definition) is 2. The van der Waals surface area contributed by atoms with E-state index >= 15 is 0 Å². The van der Waals surface area contributed by atoms with E-state index in [4.69, 9.17) is 0 Å². The van der Waals surface area contributed by atoms with Gasteiger partial charge in [0.05, 0.1) is 6.21 Å². The summed E-state index contributed by atoms with van der Waals surface area (Å²) in [5, 5.41) is 0. The second kappa shape index (κ2) is 3.81. The molecule has 1 aliphatic carbocycles. The Morgan fingerprint density at radius 3 is 2.38 bits per heavy atom. The number of aliphatic imine (C=N–C) groups is 2. The molecule has 3 nitrogen and oxygen atoms in total. The molecule has 0 saturated heterocycles. The molecule has 0 aromatic heterocycles. The van der Waals surface area contributed by atoms with Gasteiger partial charge in [0.2, 0.25) is 0 Å². The zero-order valence-corrected chi connectivity index (χ0v) is 7.70. The monoisotopic (exact) mass is 178 g/mol. The van der Waals surface area contributed by atoms with Gasteiger partial charge in [-0.15, -0.1) is 0 Å². The third-order valence-electron chi connectivity index (χ3n) is 2.75. The fourth-order valence-corrected chi connectivity index (χ4v) is 2.03. The molecule has 1 saturated carbocycles. The summed E-state index contributed by atoms with van der Waals surface area (Å²) in [6.07, 6.45) is 8.80. The van der Waals surface area contributed by atoms with Crippen LogP contribution in [0, 0.1) is 5.92 Å². The van der Waals surface area contributed by atoms with E-state index in [1.54, 1.807) is 0 Å². The smallest absolute Gasteiger partial charge is 0.266 e.